The Bertz CT molecular complexity index is 403. The Hall–Kier alpha value is -1.06. The number of aliphatic hydroxyl groups excluding tert-OH is 1. The van der Waals surface area contributed by atoms with E-state index in [0.717, 1.165) is 18.7 Å². The van der Waals surface area contributed by atoms with Crippen LogP contribution in [-0.4, -0.2) is 23.9 Å². The van der Waals surface area contributed by atoms with Crippen molar-refractivity contribution in [3.05, 3.63) is 29.8 Å². The number of fused-ring (bicyclic) bond motifs is 1. The maximum Gasteiger partial charge on any atom is 0.125 e. The molecule has 1 aliphatic heterocycles. The number of benzene rings is 1. The molecule has 1 aliphatic rings. The minimum atomic E-state index is -0.220. The van der Waals surface area contributed by atoms with E-state index < -0.39 is 0 Å². The summed E-state index contributed by atoms with van der Waals surface area (Å²) in [5.74, 6) is 1.45. The lowest BCUT2D eigenvalue weighted by Crippen LogP contribution is -2.40. The molecule has 0 saturated carbocycles. The fraction of sp³-hybridized carbons (Fsp3) is 0.600. The molecule has 0 spiro atoms. The van der Waals surface area contributed by atoms with Gasteiger partial charge in [0, 0.05) is 12.2 Å². The second-order valence-electron chi connectivity index (χ2n) is 5.70. The Morgan fingerprint density at radius 2 is 2.11 bits per heavy atom. The van der Waals surface area contributed by atoms with E-state index in [9.17, 15) is 0 Å². The summed E-state index contributed by atoms with van der Waals surface area (Å²) in [6.07, 6.45) is 0.836. The summed E-state index contributed by atoms with van der Waals surface area (Å²) in [5, 5.41) is 12.5. The van der Waals surface area contributed by atoms with Crippen LogP contribution in [0.2, 0.25) is 0 Å². The summed E-state index contributed by atoms with van der Waals surface area (Å²) >= 11 is 0. The molecular weight excluding hydrogens is 226 g/mol. The fourth-order valence-corrected chi connectivity index (χ4v) is 2.53. The normalized spacial score (nSPS) is 22.3. The first-order valence-corrected chi connectivity index (χ1v) is 6.67. The molecular formula is C15H23NO2. The second kappa shape index (κ2) is 5.29. The zero-order chi connectivity index (χ0) is 13.2. The molecule has 3 nitrogen and oxygen atoms in total. The topological polar surface area (TPSA) is 41.5 Å². The maximum atomic E-state index is 8.94. The van der Waals surface area contributed by atoms with Crippen LogP contribution in [0.15, 0.2) is 24.3 Å². The van der Waals surface area contributed by atoms with E-state index >= 15 is 0 Å². The molecule has 0 bridgehead atoms. The Morgan fingerprint density at radius 1 is 1.39 bits per heavy atom. The Balaban J connectivity index is 2.06. The maximum absolute atomic E-state index is 8.94. The molecule has 18 heavy (non-hydrogen) atoms. The van der Waals surface area contributed by atoms with Gasteiger partial charge in [0.25, 0.3) is 0 Å². The van der Waals surface area contributed by atoms with Gasteiger partial charge in [-0.1, -0.05) is 25.1 Å². The van der Waals surface area contributed by atoms with Crippen molar-refractivity contribution in [1.82, 2.24) is 5.32 Å². The molecule has 0 saturated heterocycles. The van der Waals surface area contributed by atoms with E-state index in [1.54, 1.807) is 0 Å². The first-order valence-electron chi connectivity index (χ1n) is 6.67. The number of nitrogens with one attached hydrogen (secondary N) is 1. The number of ether oxygens (including phenoxy) is 1. The SMILES string of the molecule is CC(CCO)CNC1c2ccccc2OC1(C)C. The summed E-state index contributed by atoms with van der Waals surface area (Å²) in [7, 11) is 0. The molecule has 0 fully saturated rings. The van der Waals surface area contributed by atoms with Crippen LogP contribution in [-0.2, 0) is 0 Å². The van der Waals surface area contributed by atoms with Crippen molar-refractivity contribution < 1.29 is 9.84 Å². The number of para-hydroxylation sites is 1. The van der Waals surface area contributed by atoms with Gasteiger partial charge in [0.05, 0.1) is 6.04 Å². The van der Waals surface area contributed by atoms with Crippen LogP contribution in [0.3, 0.4) is 0 Å². The summed E-state index contributed by atoms with van der Waals surface area (Å²) in [4.78, 5) is 0. The van der Waals surface area contributed by atoms with Gasteiger partial charge in [-0.05, 0) is 38.8 Å². The largest absolute Gasteiger partial charge is 0.486 e. The highest BCUT2D eigenvalue weighted by molar-refractivity contribution is 5.42. The van der Waals surface area contributed by atoms with Crippen molar-refractivity contribution in [1.29, 1.82) is 0 Å². The molecule has 0 aromatic heterocycles. The average Bonchev–Trinajstić information content (AvgIpc) is 2.56. The van der Waals surface area contributed by atoms with E-state index in [1.807, 2.05) is 12.1 Å². The summed E-state index contributed by atoms with van der Waals surface area (Å²) in [6, 6.07) is 8.42. The number of hydrogen-bond acceptors (Lipinski definition) is 3. The number of aliphatic hydroxyl groups is 1. The van der Waals surface area contributed by atoms with Crippen molar-refractivity contribution >= 4 is 0 Å². The quantitative estimate of drug-likeness (QED) is 0.842. The van der Waals surface area contributed by atoms with Crippen molar-refractivity contribution in [2.75, 3.05) is 13.2 Å². The second-order valence-corrected chi connectivity index (χ2v) is 5.70. The lowest BCUT2D eigenvalue weighted by atomic mass is 9.94. The standard InChI is InChI=1S/C15H23NO2/c1-11(8-9-17)10-16-14-12-6-4-5-7-13(12)18-15(14,2)3/h4-7,11,14,16-17H,8-10H2,1-3H3. The smallest absolute Gasteiger partial charge is 0.125 e. The van der Waals surface area contributed by atoms with E-state index in [4.69, 9.17) is 9.84 Å². The first-order chi connectivity index (χ1) is 8.54. The fourth-order valence-electron chi connectivity index (χ4n) is 2.53. The Morgan fingerprint density at radius 3 is 2.83 bits per heavy atom. The van der Waals surface area contributed by atoms with Gasteiger partial charge in [-0.25, -0.2) is 0 Å². The first kappa shape index (κ1) is 13.4. The van der Waals surface area contributed by atoms with E-state index in [0.29, 0.717) is 5.92 Å². The molecule has 100 valence electrons. The van der Waals surface area contributed by atoms with Gasteiger partial charge in [0.2, 0.25) is 0 Å². The highest BCUT2D eigenvalue weighted by atomic mass is 16.5. The van der Waals surface area contributed by atoms with Gasteiger partial charge in [0.15, 0.2) is 0 Å². The summed E-state index contributed by atoms with van der Waals surface area (Å²) in [5.41, 5.74) is 1.02. The Kier molecular flexibility index (Phi) is 3.93. The van der Waals surface area contributed by atoms with Crippen molar-refractivity contribution in [2.45, 2.75) is 38.8 Å². The van der Waals surface area contributed by atoms with Crippen molar-refractivity contribution in [2.24, 2.45) is 5.92 Å². The minimum Gasteiger partial charge on any atom is -0.486 e. The van der Waals surface area contributed by atoms with E-state index in [-0.39, 0.29) is 18.2 Å². The molecule has 2 unspecified atom stereocenters. The molecule has 2 N–H and O–H groups in total. The molecule has 0 amide bonds. The third-order valence-electron chi connectivity index (χ3n) is 3.59. The summed E-state index contributed by atoms with van der Waals surface area (Å²) < 4.78 is 5.99. The molecule has 0 radical (unpaired) electrons. The third kappa shape index (κ3) is 2.68. The van der Waals surface area contributed by atoms with Gasteiger partial charge >= 0.3 is 0 Å². The zero-order valence-corrected chi connectivity index (χ0v) is 11.4. The van der Waals surface area contributed by atoms with Crippen molar-refractivity contribution in [3.63, 3.8) is 0 Å². The van der Waals surface area contributed by atoms with Crippen LogP contribution < -0.4 is 10.1 Å². The predicted octanol–water partition coefficient (Wildman–Crippen LogP) is 2.51. The molecule has 1 aromatic rings. The molecule has 0 aliphatic carbocycles. The van der Waals surface area contributed by atoms with Crippen molar-refractivity contribution in [3.8, 4) is 5.75 Å². The number of hydrogen-bond donors (Lipinski definition) is 2. The summed E-state index contributed by atoms with van der Waals surface area (Å²) in [6.45, 7) is 7.52. The van der Waals surface area contributed by atoms with Crippen LogP contribution in [0.4, 0.5) is 0 Å². The predicted molar refractivity (Wildman–Crippen MR) is 72.8 cm³/mol. The van der Waals surface area contributed by atoms with E-state index in [2.05, 4.69) is 38.2 Å². The minimum absolute atomic E-state index is 0.217. The van der Waals surface area contributed by atoms with Gasteiger partial charge < -0.3 is 15.2 Å². The van der Waals surface area contributed by atoms with Gasteiger partial charge in [0.1, 0.15) is 11.4 Å². The van der Waals surface area contributed by atoms with Crippen LogP contribution in [0, 0.1) is 5.92 Å². The highest BCUT2D eigenvalue weighted by Crippen LogP contribution is 2.42. The van der Waals surface area contributed by atoms with Gasteiger partial charge in [-0.15, -0.1) is 0 Å². The molecule has 1 heterocycles. The van der Waals surface area contributed by atoms with Gasteiger partial charge in [-0.3, -0.25) is 0 Å². The van der Waals surface area contributed by atoms with Crippen LogP contribution >= 0.6 is 0 Å². The molecule has 3 heteroatoms. The Labute approximate surface area is 109 Å². The molecule has 2 rings (SSSR count). The highest BCUT2D eigenvalue weighted by Gasteiger charge is 2.40. The molecule has 2 atom stereocenters. The zero-order valence-electron chi connectivity index (χ0n) is 11.4. The van der Waals surface area contributed by atoms with Crippen LogP contribution in [0.1, 0.15) is 38.8 Å². The van der Waals surface area contributed by atoms with E-state index in [1.165, 1.54) is 5.56 Å². The monoisotopic (exact) mass is 249 g/mol. The average molecular weight is 249 g/mol. The number of rotatable bonds is 5. The third-order valence-corrected chi connectivity index (χ3v) is 3.59. The van der Waals surface area contributed by atoms with Crippen LogP contribution in [0.5, 0.6) is 5.75 Å². The van der Waals surface area contributed by atoms with Crippen LogP contribution in [0.25, 0.3) is 0 Å². The molecule has 1 aromatic carbocycles. The van der Waals surface area contributed by atoms with Gasteiger partial charge in [-0.2, -0.15) is 0 Å². The lowest BCUT2D eigenvalue weighted by molar-refractivity contribution is 0.0941. The lowest BCUT2D eigenvalue weighted by Gasteiger charge is -2.28.